The highest BCUT2D eigenvalue weighted by atomic mass is 16.2. The maximum Gasteiger partial charge on any atom is 0.244 e. The van der Waals surface area contributed by atoms with Gasteiger partial charge in [0.1, 0.15) is 6.04 Å². The fourth-order valence-corrected chi connectivity index (χ4v) is 2.62. The summed E-state index contributed by atoms with van der Waals surface area (Å²) in [5, 5.41) is 0. The molecule has 1 aromatic rings. The van der Waals surface area contributed by atoms with E-state index < -0.39 is 0 Å². The van der Waals surface area contributed by atoms with Crippen LogP contribution in [0.3, 0.4) is 0 Å². The number of benzene rings is 1. The fraction of sp³-hybridized carbons (Fsp3) is 0.500. The van der Waals surface area contributed by atoms with E-state index in [4.69, 9.17) is 0 Å². The van der Waals surface area contributed by atoms with Crippen molar-refractivity contribution < 1.29 is 9.59 Å². The van der Waals surface area contributed by atoms with Gasteiger partial charge in [0.05, 0.1) is 0 Å². The van der Waals surface area contributed by atoms with E-state index in [2.05, 4.69) is 6.07 Å². The number of carbonyl (C=O) groups excluding carboxylic acids is 2. The Bertz CT molecular complexity index is 513. The summed E-state index contributed by atoms with van der Waals surface area (Å²) in [4.78, 5) is 27.6. The molecule has 1 saturated heterocycles. The van der Waals surface area contributed by atoms with Crippen LogP contribution < -0.4 is 0 Å². The summed E-state index contributed by atoms with van der Waals surface area (Å²) in [6.07, 6.45) is 1.19. The first-order chi connectivity index (χ1) is 9.49. The number of amides is 2. The standard InChI is InChI=1S/C16H22N2O2/c1-12-5-4-6-14(11-12)7-8-15(19)18-10-9-17(3)16(20)13(18)2/h4-6,11,13H,7-10H2,1-3H3. The second kappa shape index (κ2) is 6.07. The van der Waals surface area contributed by atoms with Crippen LogP contribution in [0.15, 0.2) is 24.3 Å². The Morgan fingerprint density at radius 1 is 1.35 bits per heavy atom. The van der Waals surface area contributed by atoms with Crippen molar-refractivity contribution in [3.8, 4) is 0 Å². The third-order valence-electron chi connectivity index (χ3n) is 3.91. The molecule has 1 aromatic carbocycles. The van der Waals surface area contributed by atoms with Crippen LogP contribution in [0.2, 0.25) is 0 Å². The SMILES string of the molecule is Cc1cccc(CCC(=O)N2CCN(C)C(=O)C2C)c1. The Morgan fingerprint density at radius 2 is 2.10 bits per heavy atom. The minimum Gasteiger partial charge on any atom is -0.342 e. The lowest BCUT2D eigenvalue weighted by Gasteiger charge is -2.37. The number of aryl methyl sites for hydroxylation is 2. The topological polar surface area (TPSA) is 40.6 Å². The molecule has 1 unspecified atom stereocenters. The van der Waals surface area contributed by atoms with Crippen molar-refractivity contribution in [2.45, 2.75) is 32.7 Å². The summed E-state index contributed by atoms with van der Waals surface area (Å²) in [7, 11) is 1.79. The number of hydrogen-bond acceptors (Lipinski definition) is 2. The molecule has 0 saturated carbocycles. The second-order valence-corrected chi connectivity index (χ2v) is 5.51. The number of carbonyl (C=O) groups is 2. The smallest absolute Gasteiger partial charge is 0.244 e. The zero-order chi connectivity index (χ0) is 14.7. The molecule has 2 rings (SSSR count). The van der Waals surface area contributed by atoms with E-state index in [0.717, 1.165) is 6.42 Å². The minimum absolute atomic E-state index is 0.0279. The van der Waals surface area contributed by atoms with E-state index in [1.165, 1.54) is 11.1 Å². The molecule has 0 aliphatic carbocycles. The Kier molecular flexibility index (Phi) is 4.42. The summed E-state index contributed by atoms with van der Waals surface area (Å²) < 4.78 is 0. The molecule has 20 heavy (non-hydrogen) atoms. The van der Waals surface area contributed by atoms with Gasteiger partial charge in [-0.3, -0.25) is 9.59 Å². The molecule has 0 spiro atoms. The van der Waals surface area contributed by atoms with Crippen LogP contribution in [0.1, 0.15) is 24.5 Å². The Hall–Kier alpha value is -1.84. The van der Waals surface area contributed by atoms with E-state index in [1.54, 1.807) is 16.8 Å². The largest absolute Gasteiger partial charge is 0.342 e. The van der Waals surface area contributed by atoms with Gasteiger partial charge < -0.3 is 9.80 Å². The number of likely N-dealkylation sites (N-methyl/N-ethyl adjacent to an activating group) is 1. The number of nitrogens with zero attached hydrogens (tertiary/aromatic N) is 2. The van der Waals surface area contributed by atoms with Crippen molar-refractivity contribution >= 4 is 11.8 Å². The quantitative estimate of drug-likeness (QED) is 0.840. The highest BCUT2D eigenvalue weighted by Gasteiger charge is 2.31. The number of hydrogen-bond donors (Lipinski definition) is 0. The van der Waals surface area contributed by atoms with E-state index in [0.29, 0.717) is 19.5 Å². The average Bonchev–Trinajstić information content (AvgIpc) is 2.42. The highest BCUT2D eigenvalue weighted by molar-refractivity contribution is 5.88. The van der Waals surface area contributed by atoms with Gasteiger partial charge in [0.15, 0.2) is 0 Å². The van der Waals surface area contributed by atoms with Gasteiger partial charge in [-0.1, -0.05) is 29.8 Å². The molecule has 108 valence electrons. The monoisotopic (exact) mass is 274 g/mol. The lowest BCUT2D eigenvalue weighted by molar-refractivity contribution is -0.149. The van der Waals surface area contributed by atoms with Crippen molar-refractivity contribution in [3.05, 3.63) is 35.4 Å². The normalized spacial score (nSPS) is 19.4. The molecule has 0 radical (unpaired) electrons. The van der Waals surface area contributed by atoms with Crippen LogP contribution in [0.5, 0.6) is 0 Å². The van der Waals surface area contributed by atoms with Crippen molar-refractivity contribution in [1.29, 1.82) is 0 Å². The van der Waals surface area contributed by atoms with Gasteiger partial charge in [-0.25, -0.2) is 0 Å². The molecule has 4 nitrogen and oxygen atoms in total. The first-order valence-corrected chi connectivity index (χ1v) is 7.09. The van der Waals surface area contributed by atoms with Crippen molar-refractivity contribution in [1.82, 2.24) is 9.80 Å². The first kappa shape index (κ1) is 14.6. The molecule has 1 atom stereocenters. The molecule has 1 fully saturated rings. The van der Waals surface area contributed by atoms with Crippen LogP contribution >= 0.6 is 0 Å². The zero-order valence-electron chi connectivity index (χ0n) is 12.4. The van der Waals surface area contributed by atoms with Crippen molar-refractivity contribution in [2.75, 3.05) is 20.1 Å². The maximum atomic E-state index is 12.3. The molecule has 4 heteroatoms. The third-order valence-corrected chi connectivity index (χ3v) is 3.91. The van der Waals surface area contributed by atoms with Crippen LogP contribution in [0.25, 0.3) is 0 Å². The summed E-state index contributed by atoms with van der Waals surface area (Å²) in [5.74, 6) is 0.0978. The van der Waals surface area contributed by atoms with Gasteiger partial charge in [-0.15, -0.1) is 0 Å². The Labute approximate surface area is 120 Å². The van der Waals surface area contributed by atoms with Crippen LogP contribution in [-0.2, 0) is 16.0 Å². The second-order valence-electron chi connectivity index (χ2n) is 5.51. The van der Waals surface area contributed by atoms with Gasteiger partial charge in [0, 0.05) is 26.6 Å². The first-order valence-electron chi connectivity index (χ1n) is 7.09. The number of rotatable bonds is 3. The van der Waals surface area contributed by atoms with E-state index in [-0.39, 0.29) is 17.9 Å². The van der Waals surface area contributed by atoms with E-state index >= 15 is 0 Å². The molecular formula is C16H22N2O2. The van der Waals surface area contributed by atoms with E-state index in [1.807, 2.05) is 32.0 Å². The predicted octanol–water partition coefficient (Wildman–Crippen LogP) is 1.62. The maximum absolute atomic E-state index is 12.3. The fourth-order valence-electron chi connectivity index (χ4n) is 2.62. The molecule has 1 aliphatic heterocycles. The van der Waals surface area contributed by atoms with Gasteiger partial charge in [-0.2, -0.15) is 0 Å². The average molecular weight is 274 g/mol. The zero-order valence-corrected chi connectivity index (χ0v) is 12.4. The third kappa shape index (κ3) is 3.18. The van der Waals surface area contributed by atoms with E-state index in [9.17, 15) is 9.59 Å². The van der Waals surface area contributed by atoms with Crippen molar-refractivity contribution in [2.24, 2.45) is 0 Å². The molecule has 0 N–H and O–H groups in total. The highest BCUT2D eigenvalue weighted by Crippen LogP contribution is 2.13. The molecule has 0 aromatic heterocycles. The summed E-state index contributed by atoms with van der Waals surface area (Å²) in [6, 6.07) is 7.87. The predicted molar refractivity (Wildman–Crippen MR) is 78.3 cm³/mol. The summed E-state index contributed by atoms with van der Waals surface area (Å²) in [6.45, 7) is 5.12. The lowest BCUT2D eigenvalue weighted by Crippen LogP contribution is -2.56. The molecule has 0 bridgehead atoms. The molecular weight excluding hydrogens is 252 g/mol. The van der Waals surface area contributed by atoms with Crippen LogP contribution in [0.4, 0.5) is 0 Å². The molecule has 1 aliphatic rings. The van der Waals surface area contributed by atoms with Crippen molar-refractivity contribution in [3.63, 3.8) is 0 Å². The number of piperazine rings is 1. The Morgan fingerprint density at radius 3 is 2.80 bits per heavy atom. The minimum atomic E-state index is -0.334. The Balaban J connectivity index is 1.93. The molecule has 1 heterocycles. The molecule has 2 amide bonds. The van der Waals surface area contributed by atoms with Crippen LogP contribution in [0, 0.1) is 6.92 Å². The van der Waals surface area contributed by atoms with Gasteiger partial charge in [0.2, 0.25) is 11.8 Å². The summed E-state index contributed by atoms with van der Waals surface area (Å²) in [5.41, 5.74) is 2.38. The lowest BCUT2D eigenvalue weighted by atomic mass is 10.1. The van der Waals surface area contributed by atoms with Gasteiger partial charge in [-0.05, 0) is 25.8 Å². The van der Waals surface area contributed by atoms with Gasteiger partial charge in [0.25, 0.3) is 0 Å². The van der Waals surface area contributed by atoms with Gasteiger partial charge >= 0.3 is 0 Å². The summed E-state index contributed by atoms with van der Waals surface area (Å²) >= 11 is 0. The van der Waals surface area contributed by atoms with Crippen LogP contribution in [-0.4, -0.2) is 47.8 Å².